The number of carbonyl (C=O) groups excluding carboxylic acids is 2. The van der Waals surface area contributed by atoms with Crippen molar-refractivity contribution in [2.75, 3.05) is 29.1 Å². The van der Waals surface area contributed by atoms with Crippen LogP contribution in [0.2, 0.25) is 0 Å². The van der Waals surface area contributed by atoms with E-state index in [1.165, 1.54) is 16.2 Å². The number of carboxylic acids is 1. The lowest BCUT2D eigenvalue weighted by Crippen LogP contribution is -2.51. The molecule has 0 spiro atoms. The number of carboxylic acid groups (broad SMARTS) is 1. The highest BCUT2D eigenvalue weighted by atomic mass is 32.2. The highest BCUT2D eigenvalue weighted by Gasteiger charge is 2.42. The normalized spacial score (nSPS) is 23.1. The second-order valence-electron chi connectivity index (χ2n) is 12.6. The van der Waals surface area contributed by atoms with E-state index in [4.69, 9.17) is 4.98 Å². The lowest BCUT2D eigenvalue weighted by molar-refractivity contribution is -0.142. The Labute approximate surface area is 273 Å². The van der Waals surface area contributed by atoms with Gasteiger partial charge < -0.3 is 5.11 Å². The van der Waals surface area contributed by atoms with Crippen LogP contribution in [-0.2, 0) is 24.4 Å². The molecule has 4 heterocycles. The Morgan fingerprint density at radius 3 is 2.43 bits per heavy atom. The fourth-order valence-electron chi connectivity index (χ4n) is 7.39. The number of aromatic nitrogens is 2. The summed E-state index contributed by atoms with van der Waals surface area (Å²) in [5.74, 6) is -1.27. The SMILES string of the molecule is CS(=O)(=O)NC1CCC(C2CCCC2)C(CC(=O)O)C(=O)N(c2nc(-c3ccccc3-c3ccc(N4CCCC4=O)nc3)cs2)C1. The summed E-state index contributed by atoms with van der Waals surface area (Å²) in [6.45, 7) is 0.725. The van der Waals surface area contributed by atoms with E-state index in [1.54, 1.807) is 11.1 Å². The number of anilines is 2. The molecule has 2 amide bonds. The molecular weight excluding hydrogens is 627 g/mol. The van der Waals surface area contributed by atoms with E-state index < -0.39 is 28.0 Å². The van der Waals surface area contributed by atoms with E-state index in [0.717, 1.165) is 55.1 Å². The Balaban J connectivity index is 1.33. The molecule has 3 aliphatic rings. The Bertz CT molecular complexity index is 1700. The zero-order chi connectivity index (χ0) is 32.4. The van der Waals surface area contributed by atoms with Crippen molar-refractivity contribution < 1.29 is 27.9 Å². The summed E-state index contributed by atoms with van der Waals surface area (Å²) in [5, 5.41) is 12.1. The topological polar surface area (TPSA) is 150 Å². The zero-order valence-electron chi connectivity index (χ0n) is 25.8. The standard InChI is InChI=1S/C33H39N5O6S2/c1-46(43,44)36-23-13-14-25(21-7-2-3-8-21)27(17-31(40)41)32(42)38(19-23)33-35-28(20-45-33)26-10-5-4-9-24(26)22-12-15-29(34-18-22)37-16-6-11-30(37)39/h4-5,9-10,12,15,18,20-21,23,25,27,36H,2-3,6-8,11,13-14,16-17,19H2,1H3,(H,40,41). The van der Waals surface area contributed by atoms with E-state index in [-0.39, 0.29) is 36.6 Å². The molecule has 2 N–H and O–H groups in total. The average Bonchev–Trinajstić information content (AvgIpc) is 3.81. The van der Waals surface area contributed by atoms with Crippen LogP contribution in [0.4, 0.5) is 10.9 Å². The number of amides is 2. The van der Waals surface area contributed by atoms with E-state index in [9.17, 15) is 27.9 Å². The van der Waals surface area contributed by atoms with Gasteiger partial charge in [0.1, 0.15) is 5.82 Å². The van der Waals surface area contributed by atoms with Crippen molar-refractivity contribution in [3.8, 4) is 22.4 Å². The Hall–Kier alpha value is -3.68. The number of thiazole rings is 1. The zero-order valence-corrected chi connectivity index (χ0v) is 27.4. The second-order valence-corrected chi connectivity index (χ2v) is 15.3. The molecule has 46 heavy (non-hydrogen) atoms. The van der Waals surface area contributed by atoms with Crippen LogP contribution >= 0.6 is 11.3 Å². The Morgan fingerprint density at radius 2 is 1.78 bits per heavy atom. The molecular formula is C33H39N5O6S2. The molecule has 1 saturated carbocycles. The van der Waals surface area contributed by atoms with Crippen LogP contribution in [0.1, 0.15) is 57.8 Å². The second kappa shape index (κ2) is 13.6. The lowest BCUT2D eigenvalue weighted by atomic mass is 9.74. The molecule has 2 aromatic heterocycles. The number of rotatable bonds is 9. The molecule has 3 atom stereocenters. The van der Waals surface area contributed by atoms with Crippen LogP contribution in [0.15, 0.2) is 48.0 Å². The largest absolute Gasteiger partial charge is 0.481 e. The fourth-order valence-corrected chi connectivity index (χ4v) is 9.03. The van der Waals surface area contributed by atoms with Gasteiger partial charge in [-0.2, -0.15) is 0 Å². The van der Waals surface area contributed by atoms with E-state index in [0.29, 0.717) is 42.5 Å². The number of nitrogens with one attached hydrogen (secondary N) is 1. The van der Waals surface area contributed by atoms with Gasteiger partial charge in [0, 0.05) is 48.3 Å². The van der Waals surface area contributed by atoms with Crippen molar-refractivity contribution in [1.29, 1.82) is 0 Å². The number of hydrogen-bond donors (Lipinski definition) is 2. The van der Waals surface area contributed by atoms with Gasteiger partial charge in [0.05, 0.1) is 24.3 Å². The van der Waals surface area contributed by atoms with Crippen molar-refractivity contribution in [3.63, 3.8) is 0 Å². The van der Waals surface area contributed by atoms with Gasteiger partial charge in [0.25, 0.3) is 0 Å². The quantitative estimate of drug-likeness (QED) is 0.326. The number of pyridine rings is 1. The first kappa shape index (κ1) is 32.3. The van der Waals surface area contributed by atoms with Gasteiger partial charge in [-0.3, -0.25) is 24.2 Å². The summed E-state index contributed by atoms with van der Waals surface area (Å²) in [6, 6.07) is 11.0. The van der Waals surface area contributed by atoms with E-state index in [2.05, 4.69) is 9.71 Å². The third kappa shape index (κ3) is 7.16. The van der Waals surface area contributed by atoms with E-state index >= 15 is 0 Å². The molecule has 0 radical (unpaired) electrons. The van der Waals surface area contributed by atoms with Crippen molar-refractivity contribution in [2.45, 2.75) is 63.8 Å². The molecule has 1 aliphatic carbocycles. The van der Waals surface area contributed by atoms with Crippen LogP contribution in [-0.4, -0.2) is 66.7 Å². The molecule has 13 heteroatoms. The molecule has 3 aromatic rings. The van der Waals surface area contributed by atoms with Gasteiger partial charge in [0.2, 0.25) is 21.8 Å². The maximum Gasteiger partial charge on any atom is 0.304 e. The first-order chi connectivity index (χ1) is 22.1. The van der Waals surface area contributed by atoms with Crippen molar-refractivity contribution in [2.24, 2.45) is 17.8 Å². The molecule has 3 unspecified atom stereocenters. The monoisotopic (exact) mass is 665 g/mol. The summed E-state index contributed by atoms with van der Waals surface area (Å²) in [6.07, 6.45) is 9.02. The molecule has 2 aliphatic heterocycles. The maximum absolute atomic E-state index is 14.3. The molecule has 3 fully saturated rings. The van der Waals surface area contributed by atoms with E-state index in [1.807, 2.05) is 41.8 Å². The van der Waals surface area contributed by atoms with Gasteiger partial charge >= 0.3 is 5.97 Å². The van der Waals surface area contributed by atoms with Gasteiger partial charge in [-0.25, -0.2) is 23.1 Å². The molecule has 0 bridgehead atoms. The number of sulfonamides is 1. The summed E-state index contributed by atoms with van der Waals surface area (Å²) in [7, 11) is -3.56. The highest BCUT2D eigenvalue weighted by Crippen LogP contribution is 2.43. The van der Waals surface area contributed by atoms with Crippen molar-refractivity contribution in [1.82, 2.24) is 14.7 Å². The van der Waals surface area contributed by atoms with Crippen LogP contribution in [0.5, 0.6) is 0 Å². The van der Waals surface area contributed by atoms with Gasteiger partial charge in [-0.1, -0.05) is 49.9 Å². The Kier molecular flexibility index (Phi) is 9.53. The molecule has 6 rings (SSSR count). The van der Waals surface area contributed by atoms with Crippen molar-refractivity contribution in [3.05, 3.63) is 48.0 Å². The smallest absolute Gasteiger partial charge is 0.304 e. The fraction of sp³-hybridized carbons (Fsp3) is 0.485. The first-order valence-electron chi connectivity index (χ1n) is 15.9. The number of aliphatic carboxylic acids is 1. The maximum atomic E-state index is 14.3. The third-order valence-electron chi connectivity index (χ3n) is 9.47. The first-order valence-corrected chi connectivity index (χ1v) is 18.7. The summed E-state index contributed by atoms with van der Waals surface area (Å²) >= 11 is 1.28. The number of hydrogen-bond acceptors (Lipinski definition) is 8. The predicted molar refractivity (Wildman–Crippen MR) is 177 cm³/mol. The molecule has 1 aromatic carbocycles. The van der Waals surface area contributed by atoms with Crippen LogP contribution < -0.4 is 14.5 Å². The highest BCUT2D eigenvalue weighted by molar-refractivity contribution is 7.88. The van der Waals surface area contributed by atoms with Crippen LogP contribution in [0, 0.1) is 17.8 Å². The summed E-state index contributed by atoms with van der Waals surface area (Å²) in [4.78, 5) is 51.2. The van der Waals surface area contributed by atoms with Crippen molar-refractivity contribution >= 4 is 50.1 Å². The minimum absolute atomic E-state index is 0.0641. The molecule has 2 saturated heterocycles. The minimum atomic E-state index is -3.56. The van der Waals surface area contributed by atoms with Crippen LogP contribution in [0.25, 0.3) is 22.4 Å². The summed E-state index contributed by atoms with van der Waals surface area (Å²) < 4.78 is 27.3. The Morgan fingerprint density at radius 1 is 1.02 bits per heavy atom. The van der Waals surface area contributed by atoms with Gasteiger partial charge in [-0.15, -0.1) is 11.3 Å². The van der Waals surface area contributed by atoms with Crippen LogP contribution in [0.3, 0.4) is 0 Å². The summed E-state index contributed by atoms with van der Waals surface area (Å²) in [5.41, 5.74) is 3.19. The van der Waals surface area contributed by atoms with Gasteiger partial charge in [0.15, 0.2) is 5.13 Å². The number of carbonyl (C=O) groups is 3. The van der Waals surface area contributed by atoms with Gasteiger partial charge in [-0.05, 0) is 48.8 Å². The molecule has 244 valence electrons. The average molecular weight is 666 g/mol. The molecule has 11 nitrogen and oxygen atoms in total. The minimum Gasteiger partial charge on any atom is -0.481 e. The number of nitrogens with zero attached hydrogens (tertiary/aromatic N) is 4. The third-order valence-corrected chi connectivity index (χ3v) is 11.1. The lowest BCUT2D eigenvalue weighted by Gasteiger charge is -2.38. The number of benzene rings is 1. The predicted octanol–water partition coefficient (Wildman–Crippen LogP) is 4.94.